The van der Waals surface area contributed by atoms with Crippen LogP contribution in [0.15, 0.2) is 18.2 Å². The molecule has 3 rings (SSSR count). The molecule has 0 radical (unpaired) electrons. The van der Waals surface area contributed by atoms with E-state index in [9.17, 15) is 8.78 Å². The number of halogens is 3. The maximum Gasteiger partial charge on any atom is 0.130 e. The molecule has 2 nitrogen and oxygen atoms in total. The number of likely N-dealkylation sites (tertiary alicyclic amines) is 1. The van der Waals surface area contributed by atoms with Crippen LogP contribution in [0, 0.1) is 23.5 Å². The third kappa shape index (κ3) is 3.08. The van der Waals surface area contributed by atoms with Crippen molar-refractivity contribution < 1.29 is 8.78 Å². The van der Waals surface area contributed by atoms with Gasteiger partial charge in [0.1, 0.15) is 11.6 Å². The average molecular weight is 317 g/mol. The number of benzene rings is 1. The van der Waals surface area contributed by atoms with Crippen molar-refractivity contribution in [3.8, 4) is 0 Å². The van der Waals surface area contributed by atoms with E-state index in [-0.39, 0.29) is 30.1 Å². The van der Waals surface area contributed by atoms with E-state index in [1.807, 2.05) is 6.92 Å². The van der Waals surface area contributed by atoms with Gasteiger partial charge in [-0.2, -0.15) is 0 Å². The smallest absolute Gasteiger partial charge is 0.130 e. The summed E-state index contributed by atoms with van der Waals surface area (Å²) in [6, 6.07) is 4.11. The highest BCUT2D eigenvalue weighted by Gasteiger charge is 2.40. The molecule has 0 bridgehead atoms. The molecule has 2 aliphatic rings. The molecule has 1 heterocycles. The van der Waals surface area contributed by atoms with Crippen molar-refractivity contribution in [1.29, 1.82) is 0 Å². The van der Waals surface area contributed by atoms with Gasteiger partial charge in [0.25, 0.3) is 0 Å². The topological polar surface area (TPSA) is 29.3 Å². The van der Waals surface area contributed by atoms with Crippen LogP contribution in [0.2, 0.25) is 0 Å². The van der Waals surface area contributed by atoms with Gasteiger partial charge in [0.2, 0.25) is 0 Å². The Kier molecular flexibility index (Phi) is 5.23. The summed E-state index contributed by atoms with van der Waals surface area (Å²) in [6.45, 7) is 3.67. The predicted molar refractivity (Wildman–Crippen MR) is 82.4 cm³/mol. The maximum absolute atomic E-state index is 13.9. The van der Waals surface area contributed by atoms with Gasteiger partial charge < -0.3 is 5.73 Å². The van der Waals surface area contributed by atoms with E-state index < -0.39 is 11.6 Å². The highest BCUT2D eigenvalue weighted by atomic mass is 35.5. The molecular formula is C16H23ClF2N2. The zero-order valence-corrected chi connectivity index (χ0v) is 13.1. The monoisotopic (exact) mass is 316 g/mol. The van der Waals surface area contributed by atoms with Crippen molar-refractivity contribution in [2.75, 3.05) is 13.1 Å². The second kappa shape index (κ2) is 6.59. The molecule has 0 aromatic heterocycles. The van der Waals surface area contributed by atoms with Crippen LogP contribution in [0.25, 0.3) is 0 Å². The van der Waals surface area contributed by atoms with E-state index >= 15 is 0 Å². The fourth-order valence-corrected chi connectivity index (χ4v) is 3.96. The fraction of sp³-hybridized carbons (Fsp3) is 0.625. The lowest BCUT2D eigenvalue weighted by atomic mass is 9.78. The summed E-state index contributed by atoms with van der Waals surface area (Å²) < 4.78 is 27.8. The number of rotatable bonds is 2. The number of hydrogen-bond donors (Lipinski definition) is 1. The van der Waals surface area contributed by atoms with Crippen LogP contribution in [0.3, 0.4) is 0 Å². The molecule has 0 amide bonds. The first-order chi connectivity index (χ1) is 9.58. The predicted octanol–water partition coefficient (Wildman–Crippen LogP) is 3.51. The Labute approximate surface area is 131 Å². The summed E-state index contributed by atoms with van der Waals surface area (Å²) in [7, 11) is 0. The van der Waals surface area contributed by atoms with Gasteiger partial charge in [0, 0.05) is 30.7 Å². The highest BCUT2D eigenvalue weighted by molar-refractivity contribution is 5.85. The third-order valence-corrected chi connectivity index (χ3v) is 5.15. The van der Waals surface area contributed by atoms with Gasteiger partial charge in [-0.05, 0) is 43.7 Å². The summed E-state index contributed by atoms with van der Waals surface area (Å²) in [5.41, 5.74) is 6.40. The summed E-state index contributed by atoms with van der Waals surface area (Å²) in [4.78, 5) is 2.20. The molecular weight excluding hydrogens is 294 g/mol. The summed E-state index contributed by atoms with van der Waals surface area (Å²) in [5.74, 6) is 0.186. The number of fused-ring (bicyclic) bond motifs is 1. The summed E-state index contributed by atoms with van der Waals surface area (Å²) in [6.07, 6.45) is 3.46. The minimum atomic E-state index is -0.448. The second-order valence-corrected chi connectivity index (χ2v) is 6.28. The van der Waals surface area contributed by atoms with Crippen molar-refractivity contribution in [2.45, 2.75) is 38.3 Å². The minimum absolute atomic E-state index is 0. The number of nitrogens with two attached hydrogens (primary N) is 1. The van der Waals surface area contributed by atoms with E-state index in [1.165, 1.54) is 31.0 Å². The second-order valence-electron chi connectivity index (χ2n) is 6.28. The molecule has 2 fully saturated rings. The van der Waals surface area contributed by atoms with E-state index in [0.717, 1.165) is 19.5 Å². The van der Waals surface area contributed by atoms with Gasteiger partial charge in [0.05, 0.1) is 0 Å². The van der Waals surface area contributed by atoms with Gasteiger partial charge in [-0.1, -0.05) is 12.5 Å². The molecule has 1 aliphatic carbocycles. The zero-order chi connectivity index (χ0) is 14.3. The van der Waals surface area contributed by atoms with E-state index in [4.69, 9.17) is 5.73 Å². The highest BCUT2D eigenvalue weighted by Crippen LogP contribution is 2.39. The summed E-state index contributed by atoms with van der Waals surface area (Å²) in [5, 5.41) is 0. The van der Waals surface area contributed by atoms with Gasteiger partial charge >= 0.3 is 0 Å². The standard InChI is InChI=1S/C16H22F2N2.ClH/c1-10(16-13(17)5-3-6-14(16)18)20-8-11-4-2-7-15(19)12(11)9-20;/h3,5-6,10-12,15H,2,4,7-9,19H2,1H3;1H. The maximum atomic E-state index is 13.9. The van der Waals surface area contributed by atoms with Crippen LogP contribution >= 0.6 is 12.4 Å². The van der Waals surface area contributed by atoms with Gasteiger partial charge in [-0.3, -0.25) is 4.90 Å². The van der Waals surface area contributed by atoms with E-state index in [0.29, 0.717) is 11.8 Å². The Morgan fingerprint density at radius 1 is 1.19 bits per heavy atom. The first-order valence-electron chi connectivity index (χ1n) is 7.51. The van der Waals surface area contributed by atoms with Crippen LogP contribution in [0.1, 0.15) is 37.8 Å². The van der Waals surface area contributed by atoms with Gasteiger partial charge in [-0.25, -0.2) is 8.78 Å². The first kappa shape index (κ1) is 16.7. The SMILES string of the molecule is CC(c1c(F)cccc1F)N1CC2CCCC(N)C2C1.Cl. The molecule has 0 spiro atoms. The van der Waals surface area contributed by atoms with Crippen LogP contribution in [-0.4, -0.2) is 24.0 Å². The van der Waals surface area contributed by atoms with Crippen molar-refractivity contribution >= 4 is 12.4 Å². The Balaban J connectivity index is 0.00000161. The van der Waals surface area contributed by atoms with Crippen LogP contribution in [-0.2, 0) is 0 Å². The van der Waals surface area contributed by atoms with Gasteiger partial charge in [0.15, 0.2) is 0 Å². The Hall–Kier alpha value is -0.710. The van der Waals surface area contributed by atoms with Crippen LogP contribution in [0.5, 0.6) is 0 Å². The van der Waals surface area contributed by atoms with E-state index in [1.54, 1.807) is 0 Å². The lowest BCUT2D eigenvalue weighted by Gasteiger charge is -2.30. The van der Waals surface area contributed by atoms with Crippen molar-refractivity contribution in [3.63, 3.8) is 0 Å². The van der Waals surface area contributed by atoms with Crippen molar-refractivity contribution in [2.24, 2.45) is 17.6 Å². The molecule has 4 atom stereocenters. The van der Waals surface area contributed by atoms with Crippen molar-refractivity contribution in [1.82, 2.24) is 4.90 Å². The van der Waals surface area contributed by atoms with E-state index in [2.05, 4.69) is 4.90 Å². The molecule has 1 aromatic carbocycles. The van der Waals surface area contributed by atoms with Crippen LogP contribution < -0.4 is 5.73 Å². The molecule has 1 saturated heterocycles. The molecule has 5 heteroatoms. The Morgan fingerprint density at radius 3 is 2.48 bits per heavy atom. The summed E-state index contributed by atoms with van der Waals surface area (Å²) >= 11 is 0. The Bertz CT molecular complexity index is 477. The fourth-order valence-electron chi connectivity index (χ4n) is 3.96. The quantitative estimate of drug-likeness (QED) is 0.904. The normalized spacial score (nSPS) is 30.6. The lowest BCUT2D eigenvalue weighted by molar-refractivity contribution is 0.236. The molecule has 1 aromatic rings. The van der Waals surface area contributed by atoms with Crippen molar-refractivity contribution in [3.05, 3.63) is 35.4 Å². The van der Waals surface area contributed by atoms with Gasteiger partial charge in [-0.15, -0.1) is 12.4 Å². The Morgan fingerprint density at radius 2 is 1.86 bits per heavy atom. The average Bonchev–Trinajstić information content (AvgIpc) is 2.84. The molecule has 1 aliphatic heterocycles. The largest absolute Gasteiger partial charge is 0.327 e. The first-order valence-corrected chi connectivity index (χ1v) is 7.51. The third-order valence-electron chi connectivity index (χ3n) is 5.15. The number of nitrogens with zero attached hydrogens (tertiary/aromatic N) is 1. The molecule has 4 unspecified atom stereocenters. The number of hydrogen-bond acceptors (Lipinski definition) is 2. The molecule has 118 valence electrons. The van der Waals surface area contributed by atoms with Crippen LogP contribution in [0.4, 0.5) is 8.78 Å². The zero-order valence-electron chi connectivity index (χ0n) is 12.3. The molecule has 2 N–H and O–H groups in total. The minimum Gasteiger partial charge on any atom is -0.327 e. The lowest BCUT2D eigenvalue weighted by Crippen LogP contribution is -2.38. The molecule has 1 saturated carbocycles. The molecule has 21 heavy (non-hydrogen) atoms.